The van der Waals surface area contributed by atoms with Crippen LogP contribution in [0.4, 0.5) is 0 Å². The standard InChI is InChI=1S/C21H29N5O2/c27-20(15-26-19-11-4-3-10-18(19)23-24-26)25-14-6-5-9-17(25)12-13-22-21(28)16-7-1-2-8-16/h3-4,10-11,16-17H,1-2,5-9,12-15H2,(H,22,28)/t17-/m1/s1. The van der Waals surface area contributed by atoms with E-state index in [-0.39, 0.29) is 30.3 Å². The second-order valence-corrected chi connectivity index (χ2v) is 8.03. The lowest BCUT2D eigenvalue weighted by molar-refractivity contribution is -0.135. The van der Waals surface area contributed by atoms with Gasteiger partial charge in [-0.05, 0) is 50.7 Å². The van der Waals surface area contributed by atoms with Crippen molar-refractivity contribution in [1.82, 2.24) is 25.2 Å². The fourth-order valence-electron chi connectivity index (χ4n) is 4.58. The first kappa shape index (κ1) is 18.9. The lowest BCUT2D eigenvalue weighted by Gasteiger charge is -2.36. The summed E-state index contributed by atoms with van der Waals surface area (Å²) < 4.78 is 1.69. The van der Waals surface area contributed by atoms with E-state index in [1.807, 2.05) is 29.2 Å². The highest BCUT2D eigenvalue weighted by Crippen LogP contribution is 2.25. The van der Waals surface area contributed by atoms with Crippen LogP contribution in [0.2, 0.25) is 0 Å². The van der Waals surface area contributed by atoms with E-state index in [4.69, 9.17) is 0 Å². The van der Waals surface area contributed by atoms with Crippen LogP contribution in [0.5, 0.6) is 0 Å². The predicted octanol–water partition coefficient (Wildman–Crippen LogP) is 2.51. The lowest BCUT2D eigenvalue weighted by Crippen LogP contribution is -2.46. The number of rotatable bonds is 6. The summed E-state index contributed by atoms with van der Waals surface area (Å²) in [6, 6.07) is 7.89. The number of nitrogens with zero attached hydrogens (tertiary/aromatic N) is 4. The molecule has 0 unspecified atom stereocenters. The van der Waals surface area contributed by atoms with Gasteiger partial charge in [0.25, 0.3) is 0 Å². The number of hydrogen-bond donors (Lipinski definition) is 1. The number of carbonyl (C=O) groups excluding carboxylic acids is 2. The van der Waals surface area contributed by atoms with Crippen LogP contribution >= 0.6 is 0 Å². The first-order valence-electron chi connectivity index (χ1n) is 10.6. The summed E-state index contributed by atoms with van der Waals surface area (Å²) in [6.07, 6.45) is 8.37. The summed E-state index contributed by atoms with van der Waals surface area (Å²) in [6.45, 7) is 1.65. The molecule has 2 heterocycles. The monoisotopic (exact) mass is 383 g/mol. The summed E-state index contributed by atoms with van der Waals surface area (Å²) in [5.74, 6) is 0.479. The average Bonchev–Trinajstić information content (AvgIpc) is 3.39. The molecular formula is C21H29N5O2. The summed E-state index contributed by atoms with van der Waals surface area (Å²) in [7, 11) is 0. The molecule has 1 aliphatic carbocycles. The van der Waals surface area contributed by atoms with E-state index < -0.39 is 0 Å². The number of nitrogens with one attached hydrogen (secondary N) is 1. The first-order valence-corrected chi connectivity index (χ1v) is 10.6. The maximum absolute atomic E-state index is 13.0. The average molecular weight is 383 g/mol. The van der Waals surface area contributed by atoms with Crippen molar-refractivity contribution >= 4 is 22.8 Å². The highest BCUT2D eigenvalue weighted by molar-refractivity contribution is 5.80. The SMILES string of the molecule is O=C(NCC[C@H]1CCCCN1C(=O)Cn1nnc2ccccc21)C1CCCC1. The minimum Gasteiger partial charge on any atom is -0.356 e. The second kappa shape index (κ2) is 8.71. The van der Waals surface area contributed by atoms with Crippen LogP contribution in [0.25, 0.3) is 11.0 Å². The zero-order valence-corrected chi connectivity index (χ0v) is 16.3. The summed E-state index contributed by atoms with van der Waals surface area (Å²) in [4.78, 5) is 27.2. The largest absolute Gasteiger partial charge is 0.356 e. The molecule has 7 nitrogen and oxygen atoms in total. The van der Waals surface area contributed by atoms with Crippen LogP contribution in [0.3, 0.4) is 0 Å². The number of carbonyl (C=O) groups is 2. The molecule has 1 aliphatic heterocycles. The molecule has 2 aliphatic rings. The third-order valence-corrected chi connectivity index (χ3v) is 6.16. The topological polar surface area (TPSA) is 80.1 Å². The minimum absolute atomic E-state index is 0.0856. The number of amides is 2. The Kier molecular flexibility index (Phi) is 5.88. The number of fused-ring (bicyclic) bond motifs is 1. The van der Waals surface area contributed by atoms with Gasteiger partial charge < -0.3 is 10.2 Å². The highest BCUT2D eigenvalue weighted by atomic mass is 16.2. The van der Waals surface area contributed by atoms with Gasteiger partial charge in [0.2, 0.25) is 11.8 Å². The molecule has 2 fully saturated rings. The summed E-state index contributed by atoms with van der Waals surface area (Å²) in [5.41, 5.74) is 1.69. The number of para-hydroxylation sites is 1. The Morgan fingerprint density at radius 1 is 1.07 bits per heavy atom. The molecule has 1 aromatic carbocycles. The van der Waals surface area contributed by atoms with Crippen LogP contribution in [0.15, 0.2) is 24.3 Å². The van der Waals surface area contributed by atoms with Gasteiger partial charge in [-0.3, -0.25) is 9.59 Å². The van der Waals surface area contributed by atoms with Crippen LogP contribution in [-0.4, -0.2) is 50.8 Å². The molecule has 150 valence electrons. The normalized spacial score (nSPS) is 20.6. The van der Waals surface area contributed by atoms with Crippen molar-refractivity contribution in [2.75, 3.05) is 13.1 Å². The molecule has 1 aromatic heterocycles. The van der Waals surface area contributed by atoms with E-state index in [2.05, 4.69) is 15.6 Å². The van der Waals surface area contributed by atoms with Crippen molar-refractivity contribution in [3.63, 3.8) is 0 Å². The molecule has 4 rings (SSSR count). The van der Waals surface area contributed by atoms with Gasteiger partial charge >= 0.3 is 0 Å². The van der Waals surface area contributed by atoms with E-state index in [1.165, 1.54) is 12.8 Å². The summed E-state index contributed by atoms with van der Waals surface area (Å²) >= 11 is 0. The number of aromatic nitrogens is 3. The Hall–Kier alpha value is -2.44. The van der Waals surface area contributed by atoms with Gasteiger partial charge in [-0.1, -0.05) is 30.2 Å². The van der Waals surface area contributed by atoms with E-state index in [9.17, 15) is 9.59 Å². The van der Waals surface area contributed by atoms with E-state index in [0.717, 1.165) is 56.1 Å². The van der Waals surface area contributed by atoms with Crippen LogP contribution in [0.1, 0.15) is 51.4 Å². The number of benzene rings is 1. The van der Waals surface area contributed by atoms with Gasteiger partial charge in [0, 0.05) is 25.0 Å². The molecule has 7 heteroatoms. The highest BCUT2D eigenvalue weighted by Gasteiger charge is 2.28. The van der Waals surface area contributed by atoms with Crippen molar-refractivity contribution in [1.29, 1.82) is 0 Å². The number of hydrogen-bond acceptors (Lipinski definition) is 4. The zero-order valence-electron chi connectivity index (χ0n) is 16.3. The van der Waals surface area contributed by atoms with Crippen LogP contribution in [0, 0.1) is 5.92 Å². The number of piperidine rings is 1. The Labute approximate surface area is 165 Å². The van der Waals surface area contributed by atoms with Gasteiger partial charge in [-0.15, -0.1) is 5.10 Å². The second-order valence-electron chi connectivity index (χ2n) is 8.03. The zero-order chi connectivity index (χ0) is 19.3. The van der Waals surface area contributed by atoms with E-state index in [0.29, 0.717) is 6.54 Å². The first-order chi connectivity index (χ1) is 13.7. The Bertz CT molecular complexity index is 827. The molecule has 1 saturated heterocycles. The quantitative estimate of drug-likeness (QED) is 0.831. The predicted molar refractivity (Wildman–Crippen MR) is 106 cm³/mol. The van der Waals surface area contributed by atoms with Crippen molar-refractivity contribution in [3.05, 3.63) is 24.3 Å². The maximum atomic E-state index is 13.0. The van der Waals surface area contributed by atoms with Gasteiger partial charge in [-0.25, -0.2) is 4.68 Å². The minimum atomic E-state index is 0.0856. The molecule has 1 atom stereocenters. The summed E-state index contributed by atoms with van der Waals surface area (Å²) in [5, 5.41) is 11.4. The van der Waals surface area contributed by atoms with E-state index in [1.54, 1.807) is 4.68 Å². The lowest BCUT2D eigenvalue weighted by atomic mass is 9.99. The van der Waals surface area contributed by atoms with Gasteiger partial charge in [-0.2, -0.15) is 0 Å². The molecule has 2 aromatic rings. The molecule has 0 spiro atoms. The van der Waals surface area contributed by atoms with Crippen molar-refractivity contribution in [2.45, 2.75) is 64.0 Å². The molecule has 0 radical (unpaired) electrons. The Morgan fingerprint density at radius 2 is 1.86 bits per heavy atom. The van der Waals surface area contributed by atoms with Crippen molar-refractivity contribution in [3.8, 4) is 0 Å². The van der Waals surface area contributed by atoms with Gasteiger partial charge in [0.1, 0.15) is 12.1 Å². The fraction of sp³-hybridized carbons (Fsp3) is 0.619. The van der Waals surface area contributed by atoms with Crippen molar-refractivity contribution in [2.24, 2.45) is 5.92 Å². The van der Waals surface area contributed by atoms with Crippen molar-refractivity contribution < 1.29 is 9.59 Å². The Morgan fingerprint density at radius 3 is 2.71 bits per heavy atom. The maximum Gasteiger partial charge on any atom is 0.244 e. The molecular weight excluding hydrogens is 354 g/mol. The molecule has 2 amide bonds. The molecule has 1 saturated carbocycles. The molecule has 0 bridgehead atoms. The third-order valence-electron chi connectivity index (χ3n) is 6.16. The Balaban J connectivity index is 1.33. The van der Waals surface area contributed by atoms with E-state index >= 15 is 0 Å². The van der Waals surface area contributed by atoms with Gasteiger partial charge in [0.05, 0.1) is 5.52 Å². The molecule has 1 N–H and O–H groups in total. The number of likely N-dealkylation sites (tertiary alicyclic amines) is 1. The fourth-order valence-corrected chi connectivity index (χ4v) is 4.58. The molecule has 28 heavy (non-hydrogen) atoms. The smallest absolute Gasteiger partial charge is 0.244 e. The third kappa shape index (κ3) is 4.18. The van der Waals surface area contributed by atoms with Crippen LogP contribution in [-0.2, 0) is 16.1 Å². The van der Waals surface area contributed by atoms with Gasteiger partial charge in [0.15, 0.2) is 0 Å². The van der Waals surface area contributed by atoms with Crippen LogP contribution < -0.4 is 5.32 Å².